The van der Waals surface area contributed by atoms with E-state index < -0.39 is 0 Å². The van der Waals surface area contributed by atoms with Crippen molar-refractivity contribution in [2.24, 2.45) is 0 Å². The number of rotatable bonds is 6. The van der Waals surface area contributed by atoms with Gasteiger partial charge in [0, 0.05) is 30.9 Å². The quantitative estimate of drug-likeness (QED) is 0.341. The Morgan fingerprint density at radius 3 is 2.54 bits per heavy atom. The first-order chi connectivity index (χ1) is 18.1. The molecule has 1 fully saturated rings. The van der Waals surface area contributed by atoms with Crippen molar-refractivity contribution < 1.29 is 0 Å². The van der Waals surface area contributed by atoms with Crippen LogP contribution in [0.3, 0.4) is 0 Å². The maximum Gasteiger partial charge on any atom is 0.225 e. The van der Waals surface area contributed by atoms with E-state index in [1.807, 2.05) is 53.1 Å². The van der Waals surface area contributed by atoms with Gasteiger partial charge in [0.1, 0.15) is 18.0 Å². The van der Waals surface area contributed by atoms with Gasteiger partial charge in [-0.25, -0.2) is 15.0 Å². The number of anilines is 3. The van der Waals surface area contributed by atoms with Crippen molar-refractivity contribution >= 4 is 28.7 Å². The topological polar surface area (TPSA) is 111 Å². The average molecular weight is 492 g/mol. The molecule has 1 atom stereocenters. The molecule has 3 aromatic heterocycles. The molecule has 9 heteroatoms. The zero-order valence-corrected chi connectivity index (χ0v) is 20.7. The Balaban J connectivity index is 1.28. The van der Waals surface area contributed by atoms with Crippen molar-refractivity contribution in [1.82, 2.24) is 29.5 Å². The summed E-state index contributed by atoms with van der Waals surface area (Å²) in [5.41, 5.74) is 10.8. The Kier molecular flexibility index (Phi) is 6.10. The maximum atomic E-state index is 6.09. The minimum Gasteiger partial charge on any atom is -0.368 e. The van der Waals surface area contributed by atoms with E-state index in [0.717, 1.165) is 47.0 Å². The molecule has 1 aliphatic rings. The molecular weight excluding hydrogens is 462 g/mol. The normalized spacial score (nSPS) is 14.6. The van der Waals surface area contributed by atoms with Crippen LogP contribution in [-0.4, -0.2) is 42.6 Å². The smallest absolute Gasteiger partial charge is 0.225 e. The van der Waals surface area contributed by atoms with E-state index >= 15 is 0 Å². The zero-order chi connectivity index (χ0) is 25.2. The molecule has 0 radical (unpaired) electrons. The third kappa shape index (κ3) is 4.80. The molecule has 9 nitrogen and oxygen atoms in total. The van der Waals surface area contributed by atoms with Gasteiger partial charge in [0.2, 0.25) is 11.9 Å². The molecule has 1 aliphatic heterocycles. The van der Waals surface area contributed by atoms with E-state index in [2.05, 4.69) is 49.2 Å². The first kappa shape index (κ1) is 22.9. The Bertz CT molecular complexity index is 1520. The first-order valence-electron chi connectivity index (χ1n) is 12.7. The van der Waals surface area contributed by atoms with Crippen LogP contribution in [0.15, 0.2) is 73.2 Å². The summed E-state index contributed by atoms with van der Waals surface area (Å²) < 4.78 is 1.96. The van der Waals surface area contributed by atoms with Crippen LogP contribution in [0.1, 0.15) is 37.8 Å². The van der Waals surface area contributed by atoms with E-state index in [4.69, 9.17) is 10.7 Å². The standard InChI is InChI=1S/C28H29N9/c1-19(20-8-4-2-5-9-20)32-28-30-13-12-25(35-28)37-18-31-23-16-21(10-11-24(23)37)22-17-26(34-27(29)33-22)36-14-6-3-7-15-36/h2,4-5,8-13,16-19H,3,6-7,14-15H2,1H3,(H2,29,33,34)(H,30,32,35). The van der Waals surface area contributed by atoms with E-state index in [1.54, 1.807) is 12.5 Å². The number of nitrogens with two attached hydrogens (primary N) is 1. The number of nitrogens with zero attached hydrogens (tertiary/aromatic N) is 7. The monoisotopic (exact) mass is 491 g/mol. The second kappa shape index (κ2) is 9.85. The largest absolute Gasteiger partial charge is 0.368 e. The Hall–Kier alpha value is -4.53. The average Bonchev–Trinajstić information content (AvgIpc) is 3.37. The highest BCUT2D eigenvalue weighted by molar-refractivity contribution is 5.83. The summed E-state index contributed by atoms with van der Waals surface area (Å²) in [7, 11) is 0. The fourth-order valence-corrected chi connectivity index (χ4v) is 4.81. The van der Waals surface area contributed by atoms with Gasteiger partial charge in [-0.2, -0.15) is 9.97 Å². The Morgan fingerprint density at radius 2 is 1.70 bits per heavy atom. The van der Waals surface area contributed by atoms with Crippen LogP contribution < -0.4 is 16.0 Å². The Morgan fingerprint density at radius 1 is 0.865 bits per heavy atom. The molecular formula is C28H29N9. The number of hydrogen-bond acceptors (Lipinski definition) is 8. The van der Waals surface area contributed by atoms with Crippen molar-refractivity contribution in [2.75, 3.05) is 29.0 Å². The summed E-state index contributed by atoms with van der Waals surface area (Å²) in [4.78, 5) is 25.1. The molecule has 5 aromatic rings. The molecule has 6 rings (SSSR count). The van der Waals surface area contributed by atoms with Crippen molar-refractivity contribution in [1.29, 1.82) is 0 Å². The second-order valence-corrected chi connectivity index (χ2v) is 9.35. The van der Waals surface area contributed by atoms with Crippen LogP contribution in [0, 0.1) is 0 Å². The number of nitrogens with one attached hydrogen (secondary N) is 1. The number of piperidine rings is 1. The highest BCUT2D eigenvalue weighted by atomic mass is 15.2. The summed E-state index contributed by atoms with van der Waals surface area (Å²) in [5, 5.41) is 3.39. The molecule has 3 N–H and O–H groups in total. The van der Waals surface area contributed by atoms with Gasteiger partial charge < -0.3 is 16.0 Å². The lowest BCUT2D eigenvalue weighted by Gasteiger charge is -2.28. The number of aromatic nitrogens is 6. The van der Waals surface area contributed by atoms with Crippen LogP contribution in [0.4, 0.5) is 17.7 Å². The van der Waals surface area contributed by atoms with Crippen LogP contribution in [0.25, 0.3) is 28.1 Å². The molecule has 0 amide bonds. The SMILES string of the molecule is CC(Nc1nccc(-n2cnc3cc(-c4cc(N5CCCCC5)nc(N)n4)ccc32)n1)c1ccccc1. The molecule has 0 saturated carbocycles. The van der Waals surface area contributed by atoms with Gasteiger partial charge in [-0.15, -0.1) is 0 Å². The molecule has 1 saturated heterocycles. The molecule has 0 spiro atoms. The lowest BCUT2D eigenvalue weighted by atomic mass is 10.1. The van der Waals surface area contributed by atoms with Gasteiger partial charge in [0.15, 0.2) is 0 Å². The van der Waals surface area contributed by atoms with Crippen LogP contribution in [0.2, 0.25) is 0 Å². The second-order valence-electron chi connectivity index (χ2n) is 9.35. The van der Waals surface area contributed by atoms with Crippen LogP contribution >= 0.6 is 0 Å². The third-order valence-corrected chi connectivity index (χ3v) is 6.79. The van der Waals surface area contributed by atoms with Gasteiger partial charge in [0.05, 0.1) is 22.8 Å². The van der Waals surface area contributed by atoms with Crippen molar-refractivity contribution in [3.05, 3.63) is 78.8 Å². The zero-order valence-electron chi connectivity index (χ0n) is 20.7. The van der Waals surface area contributed by atoms with Crippen LogP contribution in [-0.2, 0) is 0 Å². The minimum absolute atomic E-state index is 0.0775. The molecule has 4 heterocycles. The molecule has 1 unspecified atom stereocenters. The van der Waals surface area contributed by atoms with E-state index in [9.17, 15) is 0 Å². The van der Waals surface area contributed by atoms with Crippen LogP contribution in [0.5, 0.6) is 0 Å². The fraction of sp³-hybridized carbons (Fsp3) is 0.250. The predicted molar refractivity (Wildman–Crippen MR) is 147 cm³/mol. The van der Waals surface area contributed by atoms with E-state index in [0.29, 0.717) is 5.95 Å². The number of fused-ring (bicyclic) bond motifs is 1. The number of benzene rings is 2. The number of imidazole rings is 1. The van der Waals surface area contributed by atoms with Gasteiger partial charge in [-0.05, 0) is 49.9 Å². The lowest BCUT2D eigenvalue weighted by Crippen LogP contribution is -2.30. The summed E-state index contributed by atoms with van der Waals surface area (Å²) in [6, 6.07) is 20.3. The highest BCUT2D eigenvalue weighted by Gasteiger charge is 2.16. The molecule has 37 heavy (non-hydrogen) atoms. The van der Waals surface area contributed by atoms with Crippen molar-refractivity contribution in [3.8, 4) is 17.1 Å². The van der Waals surface area contributed by atoms with E-state index in [-0.39, 0.29) is 12.0 Å². The van der Waals surface area contributed by atoms with Crippen molar-refractivity contribution in [2.45, 2.75) is 32.2 Å². The first-order valence-corrected chi connectivity index (χ1v) is 12.7. The van der Waals surface area contributed by atoms with Gasteiger partial charge in [-0.3, -0.25) is 4.57 Å². The van der Waals surface area contributed by atoms with E-state index in [1.165, 1.54) is 24.8 Å². The lowest BCUT2D eigenvalue weighted by molar-refractivity contribution is 0.573. The Labute approximate surface area is 215 Å². The number of hydrogen-bond donors (Lipinski definition) is 2. The maximum absolute atomic E-state index is 6.09. The molecule has 0 aliphatic carbocycles. The van der Waals surface area contributed by atoms with Gasteiger partial charge in [-0.1, -0.05) is 36.4 Å². The fourth-order valence-electron chi connectivity index (χ4n) is 4.81. The third-order valence-electron chi connectivity index (χ3n) is 6.79. The molecule has 0 bridgehead atoms. The molecule has 2 aromatic carbocycles. The predicted octanol–water partition coefficient (Wildman–Crippen LogP) is 5.02. The summed E-state index contributed by atoms with van der Waals surface area (Å²) in [6.07, 6.45) is 7.16. The summed E-state index contributed by atoms with van der Waals surface area (Å²) in [6.45, 7) is 4.09. The highest BCUT2D eigenvalue weighted by Crippen LogP contribution is 2.28. The minimum atomic E-state index is 0.0775. The van der Waals surface area contributed by atoms with Gasteiger partial charge >= 0.3 is 0 Å². The summed E-state index contributed by atoms with van der Waals surface area (Å²) in [5.74, 6) is 2.48. The summed E-state index contributed by atoms with van der Waals surface area (Å²) >= 11 is 0. The molecule has 186 valence electrons. The van der Waals surface area contributed by atoms with Crippen molar-refractivity contribution in [3.63, 3.8) is 0 Å². The van der Waals surface area contributed by atoms with Gasteiger partial charge in [0.25, 0.3) is 0 Å². The number of nitrogen functional groups attached to an aromatic ring is 1.